The standard InChI is InChI=1S/C9H19NO/c1-7(2)8(3)10-4-9-5-11-6-9/h7-10H,4-6H2,1-3H3. The maximum atomic E-state index is 5.09. The van der Waals surface area contributed by atoms with Crippen LogP contribution in [0.15, 0.2) is 0 Å². The zero-order valence-electron chi connectivity index (χ0n) is 7.76. The molecule has 0 aromatic heterocycles. The molecule has 0 amide bonds. The summed E-state index contributed by atoms with van der Waals surface area (Å²) in [4.78, 5) is 0. The fraction of sp³-hybridized carbons (Fsp3) is 1.00. The fourth-order valence-electron chi connectivity index (χ4n) is 0.991. The largest absolute Gasteiger partial charge is 0.381 e. The second kappa shape index (κ2) is 4.07. The summed E-state index contributed by atoms with van der Waals surface area (Å²) >= 11 is 0. The third kappa shape index (κ3) is 2.80. The van der Waals surface area contributed by atoms with Crippen molar-refractivity contribution in [3.8, 4) is 0 Å². The molecule has 0 aromatic rings. The third-order valence-electron chi connectivity index (χ3n) is 2.44. The molecule has 1 rings (SSSR count). The van der Waals surface area contributed by atoms with Gasteiger partial charge in [-0.15, -0.1) is 0 Å². The van der Waals surface area contributed by atoms with Crippen LogP contribution in [-0.2, 0) is 4.74 Å². The van der Waals surface area contributed by atoms with E-state index in [4.69, 9.17) is 4.74 Å². The molecule has 1 unspecified atom stereocenters. The van der Waals surface area contributed by atoms with E-state index in [2.05, 4.69) is 26.1 Å². The highest BCUT2D eigenvalue weighted by Crippen LogP contribution is 2.09. The maximum Gasteiger partial charge on any atom is 0.0528 e. The molecule has 1 atom stereocenters. The Labute approximate surface area is 69.3 Å². The highest BCUT2D eigenvalue weighted by atomic mass is 16.5. The Bertz CT molecular complexity index is 110. The van der Waals surface area contributed by atoms with Gasteiger partial charge < -0.3 is 10.1 Å². The first-order valence-corrected chi connectivity index (χ1v) is 4.51. The van der Waals surface area contributed by atoms with Crippen LogP contribution in [0.25, 0.3) is 0 Å². The van der Waals surface area contributed by atoms with Gasteiger partial charge in [-0.1, -0.05) is 13.8 Å². The van der Waals surface area contributed by atoms with Gasteiger partial charge in [-0.05, 0) is 12.8 Å². The summed E-state index contributed by atoms with van der Waals surface area (Å²) in [6.45, 7) is 9.77. The minimum atomic E-state index is 0.635. The quantitative estimate of drug-likeness (QED) is 0.663. The van der Waals surface area contributed by atoms with Crippen LogP contribution >= 0.6 is 0 Å². The van der Waals surface area contributed by atoms with Crippen LogP contribution in [0.2, 0.25) is 0 Å². The van der Waals surface area contributed by atoms with Crippen LogP contribution < -0.4 is 5.32 Å². The van der Waals surface area contributed by atoms with Gasteiger partial charge in [-0.25, -0.2) is 0 Å². The van der Waals surface area contributed by atoms with Crippen molar-refractivity contribution in [1.29, 1.82) is 0 Å². The zero-order chi connectivity index (χ0) is 8.27. The first kappa shape index (κ1) is 9.01. The van der Waals surface area contributed by atoms with Gasteiger partial charge in [-0.2, -0.15) is 0 Å². The van der Waals surface area contributed by atoms with Crippen molar-refractivity contribution < 1.29 is 4.74 Å². The summed E-state index contributed by atoms with van der Waals surface area (Å²) in [6, 6.07) is 0.635. The molecular formula is C9H19NO. The molecule has 0 aromatic carbocycles. The number of nitrogens with one attached hydrogen (secondary N) is 1. The third-order valence-corrected chi connectivity index (χ3v) is 2.44. The minimum absolute atomic E-state index is 0.635. The molecule has 1 saturated heterocycles. The van der Waals surface area contributed by atoms with Crippen molar-refractivity contribution in [3.63, 3.8) is 0 Å². The average molecular weight is 157 g/mol. The molecule has 0 aliphatic carbocycles. The van der Waals surface area contributed by atoms with Crippen LogP contribution in [0.5, 0.6) is 0 Å². The lowest BCUT2D eigenvalue weighted by Gasteiger charge is -2.28. The second-order valence-corrected chi connectivity index (χ2v) is 3.84. The number of ether oxygens (including phenoxy) is 1. The van der Waals surface area contributed by atoms with E-state index in [0.29, 0.717) is 6.04 Å². The smallest absolute Gasteiger partial charge is 0.0528 e. The van der Waals surface area contributed by atoms with Gasteiger partial charge in [0, 0.05) is 18.5 Å². The molecule has 0 spiro atoms. The maximum absolute atomic E-state index is 5.09. The van der Waals surface area contributed by atoms with E-state index in [0.717, 1.165) is 31.6 Å². The van der Waals surface area contributed by atoms with Crippen molar-refractivity contribution in [2.75, 3.05) is 19.8 Å². The van der Waals surface area contributed by atoms with Crippen LogP contribution in [0.4, 0.5) is 0 Å². The first-order chi connectivity index (χ1) is 5.20. The van der Waals surface area contributed by atoms with E-state index in [-0.39, 0.29) is 0 Å². The molecule has 1 fully saturated rings. The fourth-order valence-corrected chi connectivity index (χ4v) is 0.991. The predicted octanol–water partition coefficient (Wildman–Crippen LogP) is 1.27. The van der Waals surface area contributed by atoms with Crippen molar-refractivity contribution in [1.82, 2.24) is 5.32 Å². The second-order valence-electron chi connectivity index (χ2n) is 3.84. The van der Waals surface area contributed by atoms with Gasteiger partial charge in [0.2, 0.25) is 0 Å². The molecule has 0 radical (unpaired) electrons. The molecule has 2 nitrogen and oxygen atoms in total. The van der Waals surface area contributed by atoms with Gasteiger partial charge in [0.05, 0.1) is 13.2 Å². The van der Waals surface area contributed by atoms with Crippen LogP contribution in [0.3, 0.4) is 0 Å². The van der Waals surface area contributed by atoms with Gasteiger partial charge in [-0.3, -0.25) is 0 Å². The van der Waals surface area contributed by atoms with E-state index in [1.54, 1.807) is 0 Å². The number of hydrogen-bond donors (Lipinski definition) is 1. The van der Waals surface area contributed by atoms with Gasteiger partial charge in [0.25, 0.3) is 0 Å². The highest BCUT2D eigenvalue weighted by molar-refractivity contribution is 4.72. The normalized spacial score (nSPS) is 21.8. The number of hydrogen-bond acceptors (Lipinski definition) is 2. The monoisotopic (exact) mass is 157 g/mol. The molecule has 11 heavy (non-hydrogen) atoms. The molecule has 1 heterocycles. The Kier molecular flexibility index (Phi) is 3.34. The van der Waals surface area contributed by atoms with E-state index in [1.165, 1.54) is 0 Å². The Morgan fingerprint density at radius 1 is 1.36 bits per heavy atom. The lowest BCUT2D eigenvalue weighted by atomic mass is 10.0. The van der Waals surface area contributed by atoms with E-state index >= 15 is 0 Å². The van der Waals surface area contributed by atoms with E-state index < -0.39 is 0 Å². The highest BCUT2D eigenvalue weighted by Gasteiger charge is 2.18. The first-order valence-electron chi connectivity index (χ1n) is 4.51. The zero-order valence-corrected chi connectivity index (χ0v) is 7.76. The topological polar surface area (TPSA) is 21.3 Å². The van der Waals surface area contributed by atoms with Crippen LogP contribution in [-0.4, -0.2) is 25.8 Å². The molecule has 0 saturated carbocycles. The Morgan fingerprint density at radius 3 is 2.36 bits per heavy atom. The van der Waals surface area contributed by atoms with E-state index in [1.807, 2.05) is 0 Å². The van der Waals surface area contributed by atoms with Crippen molar-refractivity contribution in [2.45, 2.75) is 26.8 Å². The van der Waals surface area contributed by atoms with Crippen LogP contribution in [0.1, 0.15) is 20.8 Å². The van der Waals surface area contributed by atoms with Gasteiger partial charge in [0.15, 0.2) is 0 Å². The summed E-state index contributed by atoms with van der Waals surface area (Å²) in [5.41, 5.74) is 0. The molecule has 1 aliphatic heterocycles. The summed E-state index contributed by atoms with van der Waals surface area (Å²) < 4.78 is 5.09. The molecule has 0 bridgehead atoms. The van der Waals surface area contributed by atoms with Crippen molar-refractivity contribution >= 4 is 0 Å². The molecule has 1 N–H and O–H groups in total. The van der Waals surface area contributed by atoms with Gasteiger partial charge >= 0.3 is 0 Å². The van der Waals surface area contributed by atoms with Crippen molar-refractivity contribution in [2.24, 2.45) is 11.8 Å². The van der Waals surface area contributed by atoms with E-state index in [9.17, 15) is 0 Å². The SMILES string of the molecule is CC(C)C(C)NCC1COC1. The Hall–Kier alpha value is -0.0800. The van der Waals surface area contributed by atoms with Crippen LogP contribution in [0, 0.1) is 11.8 Å². The van der Waals surface area contributed by atoms with Gasteiger partial charge in [0.1, 0.15) is 0 Å². The lowest BCUT2D eigenvalue weighted by Crippen LogP contribution is -2.41. The molecular weight excluding hydrogens is 138 g/mol. The summed E-state index contributed by atoms with van der Waals surface area (Å²) in [5, 5.41) is 3.50. The predicted molar refractivity (Wildman–Crippen MR) is 46.6 cm³/mol. The molecule has 2 heteroatoms. The lowest BCUT2D eigenvalue weighted by molar-refractivity contribution is -0.0319. The Balaban J connectivity index is 2.01. The summed E-state index contributed by atoms with van der Waals surface area (Å²) in [6.07, 6.45) is 0. The van der Waals surface area contributed by atoms with Crippen molar-refractivity contribution in [3.05, 3.63) is 0 Å². The summed E-state index contributed by atoms with van der Waals surface area (Å²) in [7, 11) is 0. The minimum Gasteiger partial charge on any atom is -0.381 e. The average Bonchev–Trinajstić information content (AvgIpc) is 1.83. The summed E-state index contributed by atoms with van der Waals surface area (Å²) in [5.74, 6) is 1.51. The molecule has 1 aliphatic rings. The molecule has 66 valence electrons. The number of rotatable bonds is 4. The Morgan fingerprint density at radius 2 is 2.00 bits per heavy atom.